The SMILES string of the molecule is CC/C=C\C/C=C\C/C=C\C/C=C\C/C=C\CCCCCC(=O)OC(COC(=O)CCCCCCC/C=C\C/C=C\CCCCCC)COP(=O)(O)OCC[N+](C)(C)C. The second-order valence-corrected chi connectivity index (χ2v) is 17.5. The molecule has 10 heteroatoms. The predicted octanol–water partition coefficient (Wildman–Crippen LogP) is 13.2. The lowest BCUT2D eigenvalue weighted by Crippen LogP contribution is -2.37. The van der Waals surface area contributed by atoms with E-state index < -0.39 is 32.5 Å². The maximum Gasteiger partial charge on any atom is 0.472 e. The highest BCUT2D eigenvalue weighted by Crippen LogP contribution is 2.43. The minimum Gasteiger partial charge on any atom is -0.462 e. The Morgan fingerprint density at radius 2 is 0.966 bits per heavy atom. The molecule has 0 amide bonds. The number of phosphoric acid groups is 1. The van der Waals surface area contributed by atoms with Crippen molar-refractivity contribution in [2.24, 2.45) is 0 Å². The average Bonchev–Trinajstić information content (AvgIpc) is 3.19. The van der Waals surface area contributed by atoms with Gasteiger partial charge < -0.3 is 18.9 Å². The van der Waals surface area contributed by atoms with Crippen LogP contribution in [-0.2, 0) is 32.7 Å². The molecular formula is C49H85NO8P+. The van der Waals surface area contributed by atoms with Gasteiger partial charge in [0, 0.05) is 12.8 Å². The standard InChI is InChI=1S/C49H84NO8P/c1-6-8-10-12-14-16-18-20-22-24-25-26-28-30-32-34-36-38-40-42-49(52)58-47(46-57-59(53,54)56-44-43-50(3,4)5)45-55-48(51)41-39-37-35-33-31-29-27-23-21-19-17-15-13-11-9-7-2/h8,10,14,16-17,19-20,22-23,25-27,30,32,47H,6-7,9,11-13,15,18,21,24,28-29,31,33-46H2,1-5H3/p+1/b10-8-,16-14-,19-17-,22-20-,26-25-,27-23-,32-30-. The van der Waals surface area contributed by atoms with E-state index in [9.17, 15) is 19.0 Å². The number of carbonyl (C=O) groups is 2. The summed E-state index contributed by atoms with van der Waals surface area (Å²) in [6, 6.07) is 0. The molecule has 2 atom stereocenters. The summed E-state index contributed by atoms with van der Waals surface area (Å²) in [4.78, 5) is 35.4. The minimum absolute atomic E-state index is 0.0178. The second-order valence-electron chi connectivity index (χ2n) is 16.0. The first-order chi connectivity index (χ1) is 28.5. The summed E-state index contributed by atoms with van der Waals surface area (Å²) in [6.07, 6.45) is 52.0. The van der Waals surface area contributed by atoms with Crippen LogP contribution in [-0.4, -0.2) is 74.9 Å². The number of allylic oxidation sites excluding steroid dienone is 14. The van der Waals surface area contributed by atoms with Crippen molar-refractivity contribution in [3.63, 3.8) is 0 Å². The largest absolute Gasteiger partial charge is 0.472 e. The molecule has 0 rings (SSSR count). The van der Waals surface area contributed by atoms with E-state index in [2.05, 4.69) is 98.9 Å². The van der Waals surface area contributed by atoms with Crippen LogP contribution in [0.15, 0.2) is 85.1 Å². The zero-order chi connectivity index (χ0) is 43.6. The molecule has 0 aromatic heterocycles. The van der Waals surface area contributed by atoms with Crippen molar-refractivity contribution in [2.45, 2.75) is 168 Å². The first-order valence-electron chi connectivity index (χ1n) is 22.8. The van der Waals surface area contributed by atoms with Gasteiger partial charge in [-0.05, 0) is 89.9 Å². The molecule has 338 valence electrons. The molecule has 0 aliphatic carbocycles. The number of ether oxygens (including phenoxy) is 2. The molecule has 0 aromatic carbocycles. The molecule has 9 nitrogen and oxygen atoms in total. The normalized spacial score (nSPS) is 14.3. The number of phosphoric ester groups is 1. The van der Waals surface area contributed by atoms with Crippen molar-refractivity contribution in [3.8, 4) is 0 Å². The topological polar surface area (TPSA) is 108 Å². The number of hydrogen-bond donors (Lipinski definition) is 1. The quantitative estimate of drug-likeness (QED) is 0.0214. The summed E-state index contributed by atoms with van der Waals surface area (Å²) < 4.78 is 34.3. The highest BCUT2D eigenvalue weighted by atomic mass is 31.2. The van der Waals surface area contributed by atoms with Gasteiger partial charge in [0.2, 0.25) is 0 Å². The number of esters is 2. The van der Waals surface area contributed by atoms with Gasteiger partial charge >= 0.3 is 19.8 Å². The number of likely N-dealkylation sites (N-methyl/N-ethyl adjacent to an activating group) is 1. The van der Waals surface area contributed by atoms with E-state index in [1.54, 1.807) is 0 Å². The van der Waals surface area contributed by atoms with Gasteiger partial charge in [-0.1, -0.05) is 144 Å². The van der Waals surface area contributed by atoms with Gasteiger partial charge in [0.1, 0.15) is 19.8 Å². The summed E-state index contributed by atoms with van der Waals surface area (Å²) in [6.45, 7) is 4.22. The third kappa shape index (κ3) is 44.6. The van der Waals surface area contributed by atoms with Gasteiger partial charge in [-0.25, -0.2) is 4.57 Å². The van der Waals surface area contributed by atoms with E-state index in [-0.39, 0.29) is 26.1 Å². The van der Waals surface area contributed by atoms with Crippen LogP contribution in [0, 0.1) is 0 Å². The molecule has 0 fully saturated rings. The molecule has 0 heterocycles. The summed E-state index contributed by atoms with van der Waals surface area (Å²) in [5.74, 6) is -0.860. The number of hydrogen-bond acceptors (Lipinski definition) is 7. The van der Waals surface area contributed by atoms with E-state index in [1.165, 1.54) is 32.1 Å². The van der Waals surface area contributed by atoms with Crippen molar-refractivity contribution < 1.29 is 42.1 Å². The molecular weight excluding hydrogens is 762 g/mol. The van der Waals surface area contributed by atoms with Gasteiger partial charge in [-0.3, -0.25) is 18.6 Å². The Morgan fingerprint density at radius 3 is 1.46 bits per heavy atom. The van der Waals surface area contributed by atoms with Crippen molar-refractivity contribution in [1.82, 2.24) is 0 Å². The van der Waals surface area contributed by atoms with Crippen LogP contribution in [0.25, 0.3) is 0 Å². The number of quaternary nitrogens is 1. The third-order valence-corrected chi connectivity index (χ3v) is 10.1. The average molecular weight is 847 g/mol. The summed E-state index contributed by atoms with van der Waals surface area (Å²) in [7, 11) is 1.43. The molecule has 0 saturated carbocycles. The number of unbranched alkanes of at least 4 members (excludes halogenated alkanes) is 12. The lowest BCUT2D eigenvalue weighted by molar-refractivity contribution is -0.870. The first-order valence-corrected chi connectivity index (χ1v) is 24.3. The summed E-state index contributed by atoms with van der Waals surface area (Å²) in [5.41, 5.74) is 0. The zero-order valence-electron chi connectivity index (χ0n) is 38.0. The van der Waals surface area contributed by atoms with E-state index in [0.717, 1.165) is 89.9 Å². The van der Waals surface area contributed by atoms with Crippen LogP contribution in [0.2, 0.25) is 0 Å². The van der Waals surface area contributed by atoms with Crippen molar-refractivity contribution in [2.75, 3.05) is 47.5 Å². The minimum atomic E-state index is -4.39. The van der Waals surface area contributed by atoms with Gasteiger partial charge in [-0.15, -0.1) is 0 Å². The van der Waals surface area contributed by atoms with E-state index >= 15 is 0 Å². The molecule has 0 aliphatic heterocycles. The number of carbonyl (C=O) groups excluding carboxylic acids is 2. The molecule has 2 unspecified atom stereocenters. The van der Waals surface area contributed by atoms with E-state index in [4.69, 9.17) is 18.5 Å². The fourth-order valence-electron chi connectivity index (χ4n) is 5.60. The Bertz CT molecular complexity index is 1280. The monoisotopic (exact) mass is 847 g/mol. The van der Waals surface area contributed by atoms with Gasteiger partial charge in [0.05, 0.1) is 27.7 Å². The van der Waals surface area contributed by atoms with Crippen LogP contribution in [0.4, 0.5) is 0 Å². The molecule has 1 N–H and O–H groups in total. The van der Waals surface area contributed by atoms with Crippen LogP contribution in [0.3, 0.4) is 0 Å². The maximum atomic E-state index is 12.7. The smallest absolute Gasteiger partial charge is 0.462 e. The fourth-order valence-corrected chi connectivity index (χ4v) is 6.34. The van der Waals surface area contributed by atoms with Crippen LogP contribution < -0.4 is 0 Å². The highest BCUT2D eigenvalue weighted by molar-refractivity contribution is 7.47. The Hall–Kier alpha value is -2.81. The molecule has 0 bridgehead atoms. The van der Waals surface area contributed by atoms with Crippen LogP contribution >= 0.6 is 7.82 Å². The molecule has 0 aliphatic rings. The molecule has 0 radical (unpaired) electrons. The van der Waals surface area contributed by atoms with Crippen molar-refractivity contribution in [3.05, 3.63) is 85.1 Å². The molecule has 0 spiro atoms. The second kappa shape index (κ2) is 40.6. The van der Waals surface area contributed by atoms with Crippen molar-refractivity contribution >= 4 is 19.8 Å². The first kappa shape index (κ1) is 56.2. The zero-order valence-corrected chi connectivity index (χ0v) is 38.8. The lowest BCUT2D eigenvalue weighted by atomic mass is 10.1. The Morgan fingerprint density at radius 1 is 0.542 bits per heavy atom. The van der Waals surface area contributed by atoms with Gasteiger partial charge in [0.25, 0.3) is 0 Å². The Kier molecular flexibility index (Phi) is 38.7. The van der Waals surface area contributed by atoms with Gasteiger partial charge in [-0.2, -0.15) is 0 Å². The van der Waals surface area contributed by atoms with Crippen molar-refractivity contribution in [1.29, 1.82) is 0 Å². The lowest BCUT2D eigenvalue weighted by Gasteiger charge is -2.24. The summed E-state index contributed by atoms with van der Waals surface area (Å²) in [5, 5.41) is 0. The van der Waals surface area contributed by atoms with Crippen LogP contribution in [0.1, 0.15) is 162 Å². The highest BCUT2D eigenvalue weighted by Gasteiger charge is 2.27. The fraction of sp³-hybridized carbons (Fsp3) is 0.673. The molecule has 0 saturated heterocycles. The predicted molar refractivity (Wildman–Crippen MR) is 247 cm³/mol. The van der Waals surface area contributed by atoms with Gasteiger partial charge in [0.15, 0.2) is 6.10 Å². The maximum absolute atomic E-state index is 12.7. The third-order valence-electron chi connectivity index (χ3n) is 9.16. The summed E-state index contributed by atoms with van der Waals surface area (Å²) >= 11 is 0. The van der Waals surface area contributed by atoms with E-state index in [0.29, 0.717) is 23.9 Å². The number of nitrogens with zero attached hydrogens (tertiary/aromatic N) is 1. The Balaban J connectivity index is 4.45. The van der Waals surface area contributed by atoms with E-state index in [1.807, 2.05) is 21.1 Å². The number of rotatable bonds is 40. The molecule has 59 heavy (non-hydrogen) atoms. The molecule has 0 aromatic rings. The van der Waals surface area contributed by atoms with Crippen LogP contribution in [0.5, 0.6) is 0 Å². The Labute approximate surface area is 361 Å².